The van der Waals surface area contributed by atoms with Crippen LogP contribution in [0.15, 0.2) is 0 Å². The van der Waals surface area contributed by atoms with Crippen molar-refractivity contribution in [2.75, 3.05) is 6.16 Å². The topological polar surface area (TPSA) is 0 Å². The summed E-state index contributed by atoms with van der Waals surface area (Å²) in [4.78, 5) is 0. The first-order valence-corrected chi connectivity index (χ1v) is 6.60. The predicted octanol–water partition coefficient (Wildman–Crippen LogP) is 3.49. The number of hydrogen-bond donors (Lipinski definition) is 0. The largest absolute Gasteiger partial charge is 0.160 e. The van der Waals surface area contributed by atoms with Crippen LogP contribution in [0.1, 0.15) is 45.4 Å². The van der Waals surface area contributed by atoms with Gasteiger partial charge in [-0.3, -0.25) is 0 Å². The van der Waals surface area contributed by atoms with Crippen LogP contribution in [0.25, 0.3) is 0 Å². The lowest BCUT2D eigenvalue weighted by molar-refractivity contribution is 0.627. The molecule has 0 saturated carbocycles. The fourth-order valence-corrected chi connectivity index (χ4v) is 1.80. The van der Waals surface area contributed by atoms with Crippen LogP contribution in [-0.4, -0.2) is 6.16 Å². The van der Waals surface area contributed by atoms with E-state index >= 15 is 0 Å². The smallest absolute Gasteiger partial charge is 0.0654 e. The third kappa shape index (κ3) is 8.52. The average Bonchev–Trinajstić information content (AvgIpc) is 1.97. The van der Waals surface area contributed by atoms with Gasteiger partial charge in [-0.15, -0.1) is 0 Å². The van der Waals surface area contributed by atoms with Gasteiger partial charge in [0, 0.05) is 0 Å². The summed E-state index contributed by atoms with van der Waals surface area (Å²) in [5, 5.41) is 0. The van der Waals surface area contributed by atoms with Crippen molar-refractivity contribution in [3.63, 3.8) is 0 Å². The summed E-state index contributed by atoms with van der Waals surface area (Å²) in [6.07, 6.45) is 9.67. The van der Waals surface area contributed by atoms with Gasteiger partial charge in [-0.05, 0) is 12.8 Å². The monoisotopic (exact) mass is 177 g/mol. The lowest BCUT2D eigenvalue weighted by Crippen LogP contribution is -1.78. The van der Waals surface area contributed by atoms with Crippen molar-refractivity contribution in [2.45, 2.75) is 45.4 Å². The summed E-state index contributed by atoms with van der Waals surface area (Å²) in [6.45, 7) is 2.25. The molecular weight excluding hydrogens is 159 g/mol. The lowest BCUT2D eigenvalue weighted by Gasteiger charge is -1.94. The van der Waals surface area contributed by atoms with Crippen molar-refractivity contribution < 1.29 is 0 Å². The highest BCUT2D eigenvalue weighted by atomic mass is 32.4. The van der Waals surface area contributed by atoms with Crippen LogP contribution in [0.5, 0.6) is 0 Å². The molecule has 0 spiro atoms. The Bertz CT molecular complexity index is 73.7. The van der Waals surface area contributed by atoms with Crippen molar-refractivity contribution in [1.82, 2.24) is 0 Å². The minimum atomic E-state index is 0.753. The molecule has 0 fully saturated rings. The van der Waals surface area contributed by atoms with E-state index in [9.17, 15) is 0 Å². The van der Waals surface area contributed by atoms with Crippen molar-refractivity contribution in [3.05, 3.63) is 0 Å². The van der Waals surface area contributed by atoms with Crippen LogP contribution in [0.3, 0.4) is 0 Å². The molecule has 0 aliphatic heterocycles. The van der Waals surface area contributed by atoms with Crippen molar-refractivity contribution in [2.24, 2.45) is 0 Å². The molecule has 0 N–H and O–H groups in total. The van der Waals surface area contributed by atoms with Gasteiger partial charge in [-0.1, -0.05) is 32.6 Å². The highest BCUT2D eigenvalue weighted by Gasteiger charge is 1.90. The second kappa shape index (κ2) is 9.52. The second-order valence-corrected chi connectivity index (χ2v) is 4.32. The zero-order valence-corrected chi connectivity index (χ0v) is 8.67. The molecule has 0 rings (SSSR count). The second-order valence-electron chi connectivity index (χ2n) is 2.66. The molecular formula is C8H18PS+. The number of unbranched alkanes of at least 4 members (excludes halogenated alkanes) is 5. The van der Waals surface area contributed by atoms with E-state index < -0.39 is 0 Å². The van der Waals surface area contributed by atoms with Crippen LogP contribution in [0.4, 0.5) is 0 Å². The lowest BCUT2D eigenvalue weighted by atomic mass is 10.1. The van der Waals surface area contributed by atoms with Crippen LogP contribution in [0, 0.1) is 0 Å². The summed E-state index contributed by atoms with van der Waals surface area (Å²) in [5.41, 5.74) is 0. The zero-order valence-electron chi connectivity index (χ0n) is 6.86. The van der Waals surface area contributed by atoms with Gasteiger partial charge in [-0.25, -0.2) is 0 Å². The van der Waals surface area contributed by atoms with E-state index in [1.807, 2.05) is 0 Å². The van der Waals surface area contributed by atoms with E-state index in [2.05, 4.69) is 6.92 Å². The first kappa shape index (κ1) is 10.5. The highest BCUT2D eigenvalue weighted by molar-refractivity contribution is 7.96. The van der Waals surface area contributed by atoms with Gasteiger partial charge < -0.3 is 0 Å². The number of rotatable bonds is 7. The van der Waals surface area contributed by atoms with Gasteiger partial charge >= 0.3 is 0 Å². The molecule has 0 radical (unpaired) electrons. The van der Waals surface area contributed by atoms with Gasteiger partial charge in [0.2, 0.25) is 0 Å². The zero-order chi connectivity index (χ0) is 7.66. The Hall–Kier alpha value is 0.520. The fourth-order valence-electron chi connectivity index (χ4n) is 0.977. The van der Waals surface area contributed by atoms with E-state index in [1.54, 1.807) is 0 Å². The Morgan fingerprint density at radius 1 is 1.00 bits per heavy atom. The van der Waals surface area contributed by atoms with Gasteiger partial charge in [0.25, 0.3) is 0 Å². The SMILES string of the molecule is CCCCCCCC[PH+]=S. The molecule has 60 valence electrons. The Kier molecular flexibility index (Phi) is 10.0. The molecule has 0 aromatic rings. The van der Waals surface area contributed by atoms with E-state index in [0.29, 0.717) is 0 Å². The molecule has 1 unspecified atom stereocenters. The molecule has 0 aliphatic carbocycles. The average molecular weight is 177 g/mol. The molecule has 2 heteroatoms. The Morgan fingerprint density at radius 2 is 1.60 bits per heavy atom. The Balaban J connectivity index is 2.70. The number of hydrogen-bond acceptors (Lipinski definition) is 1. The van der Waals surface area contributed by atoms with Crippen LogP contribution < -0.4 is 0 Å². The van der Waals surface area contributed by atoms with Crippen molar-refractivity contribution in [1.29, 1.82) is 0 Å². The normalized spacial score (nSPS) is 10.5. The molecule has 0 aromatic carbocycles. The maximum absolute atomic E-state index is 4.88. The molecule has 0 aliphatic rings. The first-order chi connectivity index (χ1) is 4.91. The van der Waals surface area contributed by atoms with Gasteiger partial charge in [0.15, 0.2) is 19.2 Å². The molecule has 0 saturated heterocycles. The maximum Gasteiger partial charge on any atom is 0.160 e. The first-order valence-electron chi connectivity index (χ1n) is 4.26. The molecule has 1 atom stereocenters. The van der Waals surface area contributed by atoms with E-state index in [4.69, 9.17) is 11.8 Å². The van der Waals surface area contributed by atoms with Crippen molar-refractivity contribution in [3.8, 4) is 0 Å². The maximum atomic E-state index is 4.88. The molecule has 0 nitrogen and oxygen atoms in total. The van der Waals surface area contributed by atoms with Crippen LogP contribution in [0.2, 0.25) is 0 Å². The summed E-state index contributed by atoms with van der Waals surface area (Å²) in [5.74, 6) is 0. The van der Waals surface area contributed by atoms with Gasteiger partial charge in [-0.2, -0.15) is 0 Å². The molecule has 0 bridgehead atoms. The molecule has 10 heavy (non-hydrogen) atoms. The fraction of sp³-hybridized carbons (Fsp3) is 1.00. The summed E-state index contributed by atoms with van der Waals surface area (Å²) >= 11 is 4.88. The third-order valence-corrected chi connectivity index (χ3v) is 2.80. The van der Waals surface area contributed by atoms with Gasteiger partial charge in [0.05, 0.1) is 0 Å². The van der Waals surface area contributed by atoms with E-state index in [-0.39, 0.29) is 0 Å². The van der Waals surface area contributed by atoms with Gasteiger partial charge in [0.1, 0.15) is 6.16 Å². The quantitative estimate of drug-likeness (QED) is 0.424. The minimum absolute atomic E-state index is 0.753. The Labute approximate surface area is 71.2 Å². The third-order valence-electron chi connectivity index (χ3n) is 1.63. The van der Waals surface area contributed by atoms with Crippen LogP contribution in [-0.2, 0) is 11.8 Å². The summed E-state index contributed by atoms with van der Waals surface area (Å²) < 4.78 is 0. The van der Waals surface area contributed by atoms with Crippen LogP contribution >= 0.6 is 7.36 Å². The highest BCUT2D eigenvalue weighted by Crippen LogP contribution is 2.07. The Morgan fingerprint density at radius 3 is 2.20 bits per heavy atom. The van der Waals surface area contributed by atoms with E-state index in [0.717, 1.165) is 7.36 Å². The minimum Gasteiger partial charge on any atom is -0.0654 e. The summed E-state index contributed by atoms with van der Waals surface area (Å²) in [7, 11) is 0.753. The molecule has 0 heterocycles. The molecule has 0 amide bonds. The summed E-state index contributed by atoms with van der Waals surface area (Å²) in [6, 6.07) is 0. The van der Waals surface area contributed by atoms with Crippen molar-refractivity contribution >= 4 is 19.2 Å². The van der Waals surface area contributed by atoms with E-state index in [1.165, 1.54) is 44.7 Å². The molecule has 0 aromatic heterocycles. The standard InChI is InChI=1S/C8H17PS/c1-2-3-4-5-6-7-8-9-10/h2-8H2,1H3/p+1. The predicted molar refractivity (Wildman–Crippen MR) is 53.9 cm³/mol.